The number of ether oxygens (including phenoxy) is 2. The van der Waals surface area contributed by atoms with E-state index in [4.69, 9.17) is 15.2 Å². The van der Waals surface area contributed by atoms with E-state index in [1.54, 1.807) is 7.11 Å². The molecule has 0 amide bonds. The van der Waals surface area contributed by atoms with E-state index < -0.39 is 6.04 Å². The summed E-state index contributed by atoms with van der Waals surface area (Å²) in [5.74, 6) is 2.56. The molecule has 1 atom stereocenters. The molecule has 24 heavy (non-hydrogen) atoms. The quantitative estimate of drug-likeness (QED) is 0.728. The van der Waals surface area contributed by atoms with Gasteiger partial charge in [-0.2, -0.15) is 5.10 Å². The number of nitrogens with zero attached hydrogens (tertiary/aromatic N) is 2. The first-order chi connectivity index (χ1) is 11.7. The molecule has 0 aliphatic heterocycles. The molecule has 1 aromatic heterocycles. The number of aromatic amines is 1. The fourth-order valence-corrected chi connectivity index (χ4v) is 2.44. The number of nitrogens with two attached hydrogens (primary N) is 1. The number of hydrogen-bond acceptors (Lipinski definition) is 5. The molecule has 0 saturated heterocycles. The molecule has 0 aliphatic rings. The zero-order valence-corrected chi connectivity index (χ0v) is 13.7. The predicted molar refractivity (Wildman–Crippen MR) is 92.0 cm³/mol. The van der Waals surface area contributed by atoms with Gasteiger partial charge in [0, 0.05) is 5.56 Å². The molecule has 0 spiro atoms. The molecule has 0 bridgehead atoms. The standard InChI is InChI=1S/C18H20N4O2/c1-3-24-14-10-9-13(11-15(14)23-2)16(19)18-20-17(21-22-18)12-7-5-4-6-8-12/h4-11,16H,3,19H2,1-2H3,(H,20,21,22)/t16-/m1/s1. The number of benzene rings is 2. The fourth-order valence-electron chi connectivity index (χ4n) is 2.44. The molecule has 0 unspecified atom stereocenters. The van der Waals surface area contributed by atoms with Crippen molar-refractivity contribution in [3.63, 3.8) is 0 Å². The van der Waals surface area contributed by atoms with E-state index >= 15 is 0 Å². The SMILES string of the molecule is CCOc1ccc([C@@H](N)c2nc(-c3ccccc3)n[nH]2)cc1OC. The van der Waals surface area contributed by atoms with Crippen LogP contribution in [0.1, 0.15) is 24.4 Å². The lowest BCUT2D eigenvalue weighted by Crippen LogP contribution is -2.14. The van der Waals surface area contributed by atoms with Gasteiger partial charge in [0.1, 0.15) is 5.82 Å². The Kier molecular flexibility index (Phi) is 4.77. The zero-order valence-electron chi connectivity index (χ0n) is 13.7. The van der Waals surface area contributed by atoms with Crippen LogP contribution in [0.4, 0.5) is 0 Å². The van der Waals surface area contributed by atoms with Crippen LogP contribution in [-0.2, 0) is 0 Å². The van der Waals surface area contributed by atoms with Gasteiger partial charge < -0.3 is 15.2 Å². The summed E-state index contributed by atoms with van der Waals surface area (Å²) in [4.78, 5) is 4.51. The van der Waals surface area contributed by atoms with Gasteiger partial charge in [-0.25, -0.2) is 4.98 Å². The summed E-state index contributed by atoms with van der Waals surface area (Å²) >= 11 is 0. The predicted octanol–water partition coefficient (Wildman–Crippen LogP) is 2.93. The molecule has 6 heteroatoms. The minimum atomic E-state index is -0.431. The summed E-state index contributed by atoms with van der Waals surface area (Å²) in [6.45, 7) is 2.50. The second-order valence-electron chi connectivity index (χ2n) is 5.23. The Bertz CT molecular complexity index is 802. The first kappa shape index (κ1) is 16.0. The van der Waals surface area contributed by atoms with E-state index in [2.05, 4.69) is 15.2 Å². The maximum Gasteiger partial charge on any atom is 0.181 e. The molecule has 0 saturated carbocycles. The van der Waals surface area contributed by atoms with Crippen LogP contribution in [0.25, 0.3) is 11.4 Å². The van der Waals surface area contributed by atoms with E-state index in [0.29, 0.717) is 29.8 Å². The minimum absolute atomic E-state index is 0.431. The Hall–Kier alpha value is -2.86. The third-order valence-electron chi connectivity index (χ3n) is 3.68. The Labute approximate surface area is 140 Å². The van der Waals surface area contributed by atoms with E-state index in [1.807, 2.05) is 55.5 Å². The van der Waals surface area contributed by atoms with Crippen LogP contribution < -0.4 is 15.2 Å². The third kappa shape index (κ3) is 3.23. The number of H-pyrrole nitrogens is 1. The van der Waals surface area contributed by atoms with Crippen LogP contribution in [-0.4, -0.2) is 28.9 Å². The van der Waals surface area contributed by atoms with Crippen LogP contribution in [0, 0.1) is 0 Å². The van der Waals surface area contributed by atoms with Crippen molar-refractivity contribution < 1.29 is 9.47 Å². The Morgan fingerprint density at radius 1 is 1.12 bits per heavy atom. The highest BCUT2D eigenvalue weighted by atomic mass is 16.5. The van der Waals surface area contributed by atoms with Crippen molar-refractivity contribution in [2.75, 3.05) is 13.7 Å². The van der Waals surface area contributed by atoms with Crippen molar-refractivity contribution in [2.45, 2.75) is 13.0 Å². The van der Waals surface area contributed by atoms with Gasteiger partial charge >= 0.3 is 0 Å². The highest BCUT2D eigenvalue weighted by Gasteiger charge is 2.17. The number of nitrogens with one attached hydrogen (secondary N) is 1. The van der Waals surface area contributed by atoms with Crippen LogP contribution in [0.3, 0.4) is 0 Å². The lowest BCUT2D eigenvalue weighted by atomic mass is 10.1. The molecular weight excluding hydrogens is 304 g/mol. The number of rotatable bonds is 6. The normalized spacial score (nSPS) is 12.0. The molecule has 3 N–H and O–H groups in total. The first-order valence-corrected chi connectivity index (χ1v) is 7.77. The lowest BCUT2D eigenvalue weighted by molar-refractivity contribution is 0.310. The van der Waals surface area contributed by atoms with Gasteiger partial charge in [-0.1, -0.05) is 36.4 Å². The van der Waals surface area contributed by atoms with Crippen molar-refractivity contribution in [3.8, 4) is 22.9 Å². The van der Waals surface area contributed by atoms with Gasteiger partial charge in [-0.05, 0) is 24.6 Å². The molecule has 3 rings (SSSR count). The summed E-state index contributed by atoms with van der Waals surface area (Å²) in [6.07, 6.45) is 0. The molecule has 0 fully saturated rings. The first-order valence-electron chi connectivity index (χ1n) is 7.77. The summed E-state index contributed by atoms with van der Waals surface area (Å²) < 4.78 is 10.9. The van der Waals surface area contributed by atoms with Crippen molar-refractivity contribution in [2.24, 2.45) is 5.73 Å². The Balaban J connectivity index is 1.87. The Morgan fingerprint density at radius 2 is 1.92 bits per heavy atom. The summed E-state index contributed by atoms with van der Waals surface area (Å²) in [5.41, 5.74) is 8.13. The summed E-state index contributed by atoms with van der Waals surface area (Å²) in [5, 5.41) is 7.17. The smallest absolute Gasteiger partial charge is 0.181 e. The third-order valence-corrected chi connectivity index (χ3v) is 3.68. The number of hydrogen-bond donors (Lipinski definition) is 2. The molecule has 3 aromatic rings. The van der Waals surface area contributed by atoms with Gasteiger partial charge in [0.15, 0.2) is 17.3 Å². The molecule has 0 radical (unpaired) electrons. The monoisotopic (exact) mass is 324 g/mol. The van der Waals surface area contributed by atoms with Crippen molar-refractivity contribution in [3.05, 3.63) is 59.9 Å². The lowest BCUT2D eigenvalue weighted by Gasteiger charge is -2.13. The molecule has 2 aromatic carbocycles. The maximum absolute atomic E-state index is 6.33. The largest absolute Gasteiger partial charge is 0.493 e. The second kappa shape index (κ2) is 7.14. The van der Waals surface area contributed by atoms with E-state index in [1.165, 1.54) is 0 Å². The van der Waals surface area contributed by atoms with E-state index in [9.17, 15) is 0 Å². The van der Waals surface area contributed by atoms with Crippen LogP contribution in [0.2, 0.25) is 0 Å². The van der Waals surface area contributed by atoms with Crippen LogP contribution in [0.5, 0.6) is 11.5 Å². The minimum Gasteiger partial charge on any atom is -0.493 e. The van der Waals surface area contributed by atoms with E-state index in [-0.39, 0.29) is 0 Å². The molecular formula is C18H20N4O2. The van der Waals surface area contributed by atoms with Crippen molar-refractivity contribution in [1.29, 1.82) is 0 Å². The number of aromatic nitrogens is 3. The van der Waals surface area contributed by atoms with Gasteiger partial charge in [0.05, 0.1) is 19.8 Å². The van der Waals surface area contributed by atoms with Gasteiger partial charge in [0.2, 0.25) is 0 Å². The van der Waals surface area contributed by atoms with Gasteiger partial charge in [0.25, 0.3) is 0 Å². The topological polar surface area (TPSA) is 86.0 Å². The van der Waals surface area contributed by atoms with Gasteiger partial charge in [-0.15, -0.1) is 0 Å². The van der Waals surface area contributed by atoms with Crippen molar-refractivity contribution >= 4 is 0 Å². The highest BCUT2D eigenvalue weighted by Crippen LogP contribution is 2.31. The number of methoxy groups -OCH3 is 1. The molecule has 124 valence electrons. The second-order valence-corrected chi connectivity index (χ2v) is 5.23. The average molecular weight is 324 g/mol. The van der Waals surface area contributed by atoms with Gasteiger partial charge in [-0.3, -0.25) is 5.10 Å². The van der Waals surface area contributed by atoms with E-state index in [0.717, 1.165) is 11.1 Å². The molecule has 0 aliphatic carbocycles. The highest BCUT2D eigenvalue weighted by molar-refractivity contribution is 5.54. The van der Waals surface area contributed by atoms with Crippen LogP contribution >= 0.6 is 0 Å². The summed E-state index contributed by atoms with van der Waals surface area (Å²) in [7, 11) is 1.61. The average Bonchev–Trinajstić information content (AvgIpc) is 3.12. The van der Waals surface area contributed by atoms with Crippen molar-refractivity contribution in [1.82, 2.24) is 15.2 Å². The maximum atomic E-state index is 6.33. The zero-order chi connectivity index (χ0) is 16.9. The van der Waals surface area contributed by atoms with Crippen LogP contribution in [0.15, 0.2) is 48.5 Å². The summed E-state index contributed by atoms with van der Waals surface area (Å²) in [6, 6.07) is 15.0. The Morgan fingerprint density at radius 3 is 2.62 bits per heavy atom. The fraction of sp³-hybridized carbons (Fsp3) is 0.222. The molecule has 1 heterocycles. The molecule has 6 nitrogen and oxygen atoms in total.